The Balaban J connectivity index is 1.76. The van der Waals surface area contributed by atoms with Gasteiger partial charge in [-0.15, -0.1) is 11.3 Å². The molecule has 2 aromatic rings. The Labute approximate surface area is 136 Å². The standard InChI is InChI=1S/C16H14BrClOS/c17-15(14-7-9-2-1-3-13(9)20-14)12-8-11(18)6-10-4-5-19-16(10)12/h6-8,15H,1-5H2. The topological polar surface area (TPSA) is 9.23 Å². The van der Waals surface area contributed by atoms with Gasteiger partial charge >= 0.3 is 0 Å². The first-order valence-corrected chi connectivity index (χ1v) is 9.04. The second kappa shape index (κ2) is 5.04. The van der Waals surface area contributed by atoms with E-state index >= 15 is 0 Å². The van der Waals surface area contributed by atoms with E-state index in [-0.39, 0.29) is 4.83 Å². The van der Waals surface area contributed by atoms with Crippen LogP contribution in [0, 0.1) is 0 Å². The van der Waals surface area contributed by atoms with Gasteiger partial charge in [-0.05, 0) is 48.6 Å². The molecular weight excluding hydrogens is 356 g/mol. The molecule has 1 aliphatic carbocycles. The Morgan fingerprint density at radius 3 is 2.90 bits per heavy atom. The lowest BCUT2D eigenvalue weighted by Gasteiger charge is -2.13. The number of fused-ring (bicyclic) bond motifs is 2. The minimum absolute atomic E-state index is 0.184. The first kappa shape index (κ1) is 13.2. The molecule has 0 radical (unpaired) electrons. The number of halogens is 2. The van der Waals surface area contributed by atoms with Crippen LogP contribution in [0.4, 0.5) is 0 Å². The third-order valence-corrected chi connectivity index (χ3v) is 6.88. The predicted molar refractivity (Wildman–Crippen MR) is 87.8 cm³/mol. The Morgan fingerprint density at radius 1 is 1.15 bits per heavy atom. The lowest BCUT2D eigenvalue weighted by atomic mass is 10.0. The molecule has 4 heteroatoms. The van der Waals surface area contributed by atoms with Crippen molar-refractivity contribution in [2.45, 2.75) is 30.5 Å². The number of hydrogen-bond donors (Lipinski definition) is 0. The molecule has 1 aromatic carbocycles. The van der Waals surface area contributed by atoms with Gasteiger partial charge in [-0.3, -0.25) is 0 Å². The summed E-state index contributed by atoms with van der Waals surface area (Å²) in [6.07, 6.45) is 4.74. The zero-order chi connectivity index (χ0) is 13.7. The van der Waals surface area contributed by atoms with E-state index in [1.165, 1.54) is 40.8 Å². The molecule has 2 heterocycles. The lowest BCUT2D eigenvalue weighted by Crippen LogP contribution is -1.95. The Hall–Kier alpha value is -0.510. The maximum absolute atomic E-state index is 6.26. The predicted octanol–water partition coefficient (Wildman–Crippen LogP) is 5.31. The summed E-state index contributed by atoms with van der Waals surface area (Å²) in [5.41, 5.74) is 3.94. The largest absolute Gasteiger partial charge is 0.493 e. The van der Waals surface area contributed by atoms with Crippen LogP contribution < -0.4 is 4.74 Å². The van der Waals surface area contributed by atoms with Crippen LogP contribution in [0.1, 0.15) is 37.7 Å². The highest BCUT2D eigenvalue weighted by Gasteiger charge is 2.25. The van der Waals surface area contributed by atoms with Crippen LogP contribution in [0.3, 0.4) is 0 Å². The summed E-state index contributed by atoms with van der Waals surface area (Å²) in [5.74, 6) is 1.03. The number of thiophene rings is 1. The second-order valence-electron chi connectivity index (χ2n) is 5.40. The van der Waals surface area contributed by atoms with Gasteiger partial charge in [0.1, 0.15) is 5.75 Å². The van der Waals surface area contributed by atoms with E-state index in [0.29, 0.717) is 0 Å². The molecular formula is C16H14BrClOS. The summed E-state index contributed by atoms with van der Waals surface area (Å²) in [6.45, 7) is 0.767. The fourth-order valence-corrected chi connectivity index (χ4v) is 5.37. The van der Waals surface area contributed by atoms with Crippen molar-refractivity contribution in [3.05, 3.63) is 49.7 Å². The van der Waals surface area contributed by atoms with Gasteiger partial charge in [-0.25, -0.2) is 0 Å². The molecule has 104 valence electrons. The van der Waals surface area contributed by atoms with Crippen molar-refractivity contribution in [3.63, 3.8) is 0 Å². The van der Waals surface area contributed by atoms with Crippen LogP contribution in [0.25, 0.3) is 0 Å². The summed E-state index contributed by atoms with van der Waals surface area (Å²) < 4.78 is 5.82. The van der Waals surface area contributed by atoms with Crippen LogP contribution in [-0.4, -0.2) is 6.61 Å². The number of hydrogen-bond acceptors (Lipinski definition) is 2. The molecule has 1 aromatic heterocycles. The minimum Gasteiger partial charge on any atom is -0.493 e. The fraction of sp³-hybridized carbons (Fsp3) is 0.375. The molecule has 2 aliphatic rings. The molecule has 1 nitrogen and oxygen atoms in total. The van der Waals surface area contributed by atoms with E-state index in [1.807, 2.05) is 23.5 Å². The summed E-state index contributed by atoms with van der Waals surface area (Å²) in [7, 11) is 0. The maximum atomic E-state index is 6.26. The van der Waals surface area contributed by atoms with Gasteiger partial charge < -0.3 is 4.74 Å². The third-order valence-electron chi connectivity index (χ3n) is 4.07. The summed E-state index contributed by atoms with van der Waals surface area (Å²) in [5, 5.41) is 0.804. The molecule has 4 rings (SSSR count). The van der Waals surface area contributed by atoms with Gasteiger partial charge in [0.05, 0.1) is 11.4 Å². The van der Waals surface area contributed by atoms with E-state index in [2.05, 4.69) is 22.0 Å². The first-order valence-electron chi connectivity index (χ1n) is 6.93. The Kier molecular flexibility index (Phi) is 3.32. The van der Waals surface area contributed by atoms with Crippen LogP contribution >= 0.6 is 38.9 Å². The molecule has 1 aliphatic heterocycles. The Bertz CT molecular complexity index is 658. The van der Waals surface area contributed by atoms with Crippen molar-refractivity contribution in [2.75, 3.05) is 6.61 Å². The molecule has 0 N–H and O–H groups in total. The Morgan fingerprint density at radius 2 is 2.05 bits per heavy atom. The average molecular weight is 370 g/mol. The SMILES string of the molecule is Clc1cc2c(c(C(Br)c3cc4c(s3)CCC4)c1)OCC2. The number of alkyl halides is 1. The summed E-state index contributed by atoms with van der Waals surface area (Å²) in [4.78, 5) is 3.11. The van der Waals surface area contributed by atoms with Crippen molar-refractivity contribution in [1.29, 1.82) is 0 Å². The molecule has 0 saturated heterocycles. The normalized spacial score (nSPS) is 17.7. The zero-order valence-corrected chi connectivity index (χ0v) is 14.1. The van der Waals surface area contributed by atoms with Crippen molar-refractivity contribution < 1.29 is 4.74 Å². The highest BCUT2D eigenvalue weighted by Crippen LogP contribution is 2.45. The quantitative estimate of drug-likeness (QED) is 0.652. The number of aryl methyl sites for hydroxylation is 2. The van der Waals surface area contributed by atoms with Crippen LogP contribution in [-0.2, 0) is 19.3 Å². The third kappa shape index (κ3) is 2.11. The van der Waals surface area contributed by atoms with E-state index in [0.717, 1.165) is 23.8 Å². The van der Waals surface area contributed by atoms with Crippen LogP contribution in [0.15, 0.2) is 18.2 Å². The highest BCUT2D eigenvalue weighted by atomic mass is 79.9. The molecule has 0 bridgehead atoms. The molecule has 0 spiro atoms. The fourth-order valence-electron chi connectivity index (χ4n) is 3.12. The minimum atomic E-state index is 0.184. The number of rotatable bonds is 2. The molecule has 0 saturated carbocycles. The van der Waals surface area contributed by atoms with Crippen molar-refractivity contribution in [1.82, 2.24) is 0 Å². The summed E-state index contributed by atoms with van der Waals surface area (Å²) in [6, 6.07) is 6.42. The monoisotopic (exact) mass is 368 g/mol. The maximum Gasteiger partial charge on any atom is 0.127 e. The van der Waals surface area contributed by atoms with Gasteiger partial charge in [0.25, 0.3) is 0 Å². The molecule has 1 atom stereocenters. The van der Waals surface area contributed by atoms with Crippen molar-refractivity contribution in [3.8, 4) is 5.75 Å². The zero-order valence-electron chi connectivity index (χ0n) is 10.9. The lowest BCUT2D eigenvalue weighted by molar-refractivity contribution is 0.354. The summed E-state index contributed by atoms with van der Waals surface area (Å²) >= 11 is 12.0. The van der Waals surface area contributed by atoms with E-state index in [1.54, 1.807) is 4.88 Å². The van der Waals surface area contributed by atoms with E-state index in [9.17, 15) is 0 Å². The highest BCUT2D eigenvalue weighted by molar-refractivity contribution is 9.09. The average Bonchev–Trinajstić information content (AvgIpc) is 3.10. The van der Waals surface area contributed by atoms with Gasteiger partial charge in [-0.2, -0.15) is 0 Å². The van der Waals surface area contributed by atoms with Gasteiger partial charge in [0.15, 0.2) is 0 Å². The van der Waals surface area contributed by atoms with E-state index in [4.69, 9.17) is 16.3 Å². The number of benzene rings is 1. The smallest absolute Gasteiger partial charge is 0.127 e. The molecule has 20 heavy (non-hydrogen) atoms. The van der Waals surface area contributed by atoms with Gasteiger partial charge in [-0.1, -0.05) is 27.5 Å². The van der Waals surface area contributed by atoms with Crippen LogP contribution in [0.2, 0.25) is 5.02 Å². The second-order valence-corrected chi connectivity index (χ2v) is 7.92. The van der Waals surface area contributed by atoms with Crippen LogP contribution in [0.5, 0.6) is 5.75 Å². The molecule has 1 unspecified atom stereocenters. The van der Waals surface area contributed by atoms with Gasteiger partial charge in [0.2, 0.25) is 0 Å². The van der Waals surface area contributed by atoms with E-state index < -0.39 is 0 Å². The molecule has 0 amide bonds. The van der Waals surface area contributed by atoms with Crippen molar-refractivity contribution >= 4 is 38.9 Å². The number of ether oxygens (including phenoxy) is 1. The van der Waals surface area contributed by atoms with Crippen molar-refractivity contribution in [2.24, 2.45) is 0 Å². The first-order chi connectivity index (χ1) is 9.72. The molecule has 0 fully saturated rings. The van der Waals surface area contributed by atoms with Gasteiger partial charge in [0, 0.05) is 26.8 Å².